The maximum Gasteiger partial charge on any atom is 0.164 e. The van der Waals surface area contributed by atoms with Crippen molar-refractivity contribution in [2.75, 3.05) is 19.8 Å². The molecule has 0 aliphatic rings. The maximum atomic E-state index is 12.0. The zero-order chi connectivity index (χ0) is 16.7. The summed E-state index contributed by atoms with van der Waals surface area (Å²) < 4.78 is 11.7. The predicted octanol–water partition coefficient (Wildman–Crippen LogP) is 3.32. The Kier molecular flexibility index (Phi) is 8.08. The molecule has 0 aliphatic heterocycles. The summed E-state index contributed by atoms with van der Waals surface area (Å²) in [5.41, 5.74) is 4.60. The Bertz CT molecular complexity index is 316. The van der Waals surface area contributed by atoms with E-state index in [9.17, 15) is 4.79 Å². The monoisotopic (exact) mass is 301 g/mol. The molecule has 0 heterocycles. The fourth-order valence-electron chi connectivity index (χ4n) is 1.68. The molecule has 0 bridgehead atoms. The number of rotatable bonds is 10. The van der Waals surface area contributed by atoms with Gasteiger partial charge in [0.15, 0.2) is 5.78 Å². The first-order valence-electron chi connectivity index (χ1n) is 7.91. The molecule has 126 valence electrons. The van der Waals surface area contributed by atoms with Gasteiger partial charge in [-0.3, -0.25) is 4.79 Å². The first-order valence-corrected chi connectivity index (χ1v) is 7.91. The second kappa shape index (κ2) is 8.25. The zero-order valence-corrected chi connectivity index (χ0v) is 15.0. The highest BCUT2D eigenvalue weighted by atomic mass is 16.5. The van der Waals surface area contributed by atoms with Crippen LogP contribution in [0, 0.1) is 5.41 Å². The van der Waals surface area contributed by atoms with E-state index in [4.69, 9.17) is 15.2 Å². The minimum Gasteiger partial charge on any atom is -0.375 e. The van der Waals surface area contributed by atoms with E-state index < -0.39 is 5.60 Å². The van der Waals surface area contributed by atoms with Gasteiger partial charge in [0.05, 0.1) is 18.8 Å². The van der Waals surface area contributed by atoms with E-state index in [1.165, 1.54) is 0 Å². The fourth-order valence-corrected chi connectivity index (χ4v) is 1.68. The predicted molar refractivity (Wildman–Crippen MR) is 87.4 cm³/mol. The third-order valence-corrected chi connectivity index (χ3v) is 3.34. The molecule has 0 atom stereocenters. The van der Waals surface area contributed by atoms with Crippen molar-refractivity contribution < 1.29 is 14.3 Å². The third kappa shape index (κ3) is 9.99. The van der Waals surface area contributed by atoms with Crippen LogP contribution in [-0.4, -0.2) is 36.7 Å². The van der Waals surface area contributed by atoms with Crippen molar-refractivity contribution in [3.63, 3.8) is 0 Å². The largest absolute Gasteiger partial charge is 0.375 e. The van der Waals surface area contributed by atoms with Crippen molar-refractivity contribution in [2.24, 2.45) is 11.1 Å². The van der Waals surface area contributed by atoms with Crippen LogP contribution in [0.25, 0.3) is 0 Å². The number of ether oxygens (including phenoxy) is 2. The van der Waals surface area contributed by atoms with E-state index >= 15 is 0 Å². The summed E-state index contributed by atoms with van der Waals surface area (Å²) in [4.78, 5) is 12.0. The number of Topliss-reactive ketones (excluding diaryl/α,β-unsaturated/α-hetero) is 1. The van der Waals surface area contributed by atoms with E-state index in [2.05, 4.69) is 34.6 Å². The molecule has 4 nitrogen and oxygen atoms in total. The Morgan fingerprint density at radius 2 is 1.57 bits per heavy atom. The Hall–Kier alpha value is -0.450. The molecule has 0 aromatic rings. The van der Waals surface area contributed by atoms with E-state index in [1.807, 2.05) is 13.8 Å². The Morgan fingerprint density at radius 3 is 2.05 bits per heavy atom. The zero-order valence-electron chi connectivity index (χ0n) is 15.0. The van der Waals surface area contributed by atoms with Gasteiger partial charge in [0, 0.05) is 6.42 Å². The van der Waals surface area contributed by atoms with E-state index in [0.29, 0.717) is 32.6 Å². The summed E-state index contributed by atoms with van der Waals surface area (Å²) in [6.45, 7) is 16.0. The van der Waals surface area contributed by atoms with Gasteiger partial charge in [0.25, 0.3) is 0 Å². The van der Waals surface area contributed by atoms with Crippen molar-refractivity contribution >= 4 is 5.78 Å². The normalized spacial score (nSPS) is 13.5. The van der Waals surface area contributed by atoms with Crippen molar-refractivity contribution in [3.8, 4) is 0 Å². The summed E-state index contributed by atoms with van der Waals surface area (Å²) in [7, 11) is 0. The van der Waals surface area contributed by atoms with Crippen LogP contribution in [0.3, 0.4) is 0 Å². The van der Waals surface area contributed by atoms with Gasteiger partial charge in [-0.15, -0.1) is 0 Å². The van der Waals surface area contributed by atoms with Gasteiger partial charge in [-0.25, -0.2) is 0 Å². The molecule has 2 N–H and O–H groups in total. The van der Waals surface area contributed by atoms with Gasteiger partial charge < -0.3 is 15.2 Å². The molecule has 21 heavy (non-hydrogen) atoms. The van der Waals surface area contributed by atoms with Gasteiger partial charge in [0.2, 0.25) is 0 Å². The molecule has 0 aliphatic carbocycles. The van der Waals surface area contributed by atoms with Gasteiger partial charge >= 0.3 is 0 Å². The molecule has 0 saturated heterocycles. The second-order valence-corrected chi connectivity index (χ2v) is 8.03. The minimum atomic E-state index is -0.741. The lowest BCUT2D eigenvalue weighted by atomic mass is 9.97. The van der Waals surface area contributed by atoms with Gasteiger partial charge in [-0.1, -0.05) is 20.8 Å². The maximum absolute atomic E-state index is 12.0. The first kappa shape index (κ1) is 20.6. The number of nitrogens with two attached hydrogens (primary N) is 1. The molecule has 4 heteroatoms. The lowest BCUT2D eigenvalue weighted by Crippen LogP contribution is -2.38. The average molecular weight is 301 g/mol. The lowest BCUT2D eigenvalue weighted by Gasteiger charge is -2.31. The van der Waals surface area contributed by atoms with Crippen LogP contribution in [-0.2, 0) is 14.3 Å². The Morgan fingerprint density at radius 1 is 1.00 bits per heavy atom. The summed E-state index contributed by atoms with van der Waals surface area (Å²) in [6, 6.07) is 0. The molecule has 0 amide bonds. The Balaban J connectivity index is 4.18. The average Bonchev–Trinajstić information content (AvgIpc) is 2.32. The minimum absolute atomic E-state index is 0.112. The van der Waals surface area contributed by atoms with Crippen molar-refractivity contribution in [2.45, 2.75) is 78.9 Å². The van der Waals surface area contributed by atoms with Crippen molar-refractivity contribution in [1.29, 1.82) is 0 Å². The molecule has 0 aromatic heterocycles. The highest BCUT2D eigenvalue weighted by Crippen LogP contribution is 2.22. The van der Waals surface area contributed by atoms with Crippen LogP contribution >= 0.6 is 0 Å². The van der Waals surface area contributed by atoms with Crippen molar-refractivity contribution in [3.05, 3.63) is 0 Å². The van der Waals surface area contributed by atoms with Crippen LogP contribution in [0.1, 0.15) is 67.7 Å². The number of carbonyl (C=O) groups is 1. The molecular formula is C17H35NO3. The quantitative estimate of drug-likeness (QED) is 0.672. The molecule has 0 rings (SSSR count). The smallest absolute Gasteiger partial charge is 0.164 e. The van der Waals surface area contributed by atoms with Crippen LogP contribution in [0.2, 0.25) is 0 Å². The summed E-state index contributed by atoms with van der Waals surface area (Å²) in [5, 5.41) is 0. The van der Waals surface area contributed by atoms with Crippen LogP contribution < -0.4 is 5.73 Å². The molecular weight excluding hydrogens is 266 g/mol. The van der Waals surface area contributed by atoms with E-state index in [1.54, 1.807) is 0 Å². The summed E-state index contributed by atoms with van der Waals surface area (Å²) in [6.07, 6.45) is 1.95. The second-order valence-electron chi connectivity index (χ2n) is 8.03. The molecule has 0 aromatic carbocycles. The fraction of sp³-hybridized carbons (Fsp3) is 0.941. The molecule has 0 fully saturated rings. The number of hydrogen-bond acceptors (Lipinski definition) is 4. The molecule has 0 radical (unpaired) electrons. The molecule has 0 saturated carbocycles. The molecule has 0 spiro atoms. The molecule has 0 unspecified atom stereocenters. The summed E-state index contributed by atoms with van der Waals surface area (Å²) in [5.74, 6) is 0.112. The highest BCUT2D eigenvalue weighted by Gasteiger charge is 2.29. The standard InChI is InChI=1S/C17H35NO3/c1-15(2,3)13-21-16(4,5)10-12-20-17(6,7)14(19)9-8-11-18/h8-13,18H2,1-7H3. The topological polar surface area (TPSA) is 61.5 Å². The van der Waals surface area contributed by atoms with Gasteiger partial charge in [0.1, 0.15) is 5.60 Å². The lowest BCUT2D eigenvalue weighted by molar-refractivity contribution is -0.143. The highest BCUT2D eigenvalue weighted by molar-refractivity contribution is 5.86. The van der Waals surface area contributed by atoms with Crippen LogP contribution in [0.5, 0.6) is 0 Å². The van der Waals surface area contributed by atoms with Gasteiger partial charge in [-0.05, 0) is 52.5 Å². The first-order chi connectivity index (χ1) is 9.40. The van der Waals surface area contributed by atoms with Crippen LogP contribution in [0.15, 0.2) is 0 Å². The Labute approximate surface area is 130 Å². The third-order valence-electron chi connectivity index (χ3n) is 3.34. The SMILES string of the molecule is CC(C)(C)COC(C)(C)CCOC(C)(C)C(=O)CCCN. The van der Waals surface area contributed by atoms with E-state index in [-0.39, 0.29) is 16.8 Å². The van der Waals surface area contributed by atoms with E-state index in [0.717, 1.165) is 6.42 Å². The van der Waals surface area contributed by atoms with Crippen LogP contribution in [0.4, 0.5) is 0 Å². The number of ketones is 1. The van der Waals surface area contributed by atoms with Crippen molar-refractivity contribution in [1.82, 2.24) is 0 Å². The van der Waals surface area contributed by atoms with Gasteiger partial charge in [-0.2, -0.15) is 0 Å². The number of carbonyl (C=O) groups excluding carboxylic acids is 1. The summed E-state index contributed by atoms with van der Waals surface area (Å²) >= 11 is 0. The number of hydrogen-bond donors (Lipinski definition) is 1.